The lowest BCUT2D eigenvalue weighted by Gasteiger charge is -2.15. The van der Waals surface area contributed by atoms with Gasteiger partial charge < -0.3 is 20.3 Å². The maximum Gasteiger partial charge on any atom is 0.573 e. The van der Waals surface area contributed by atoms with Crippen LogP contribution >= 0.6 is 0 Å². The van der Waals surface area contributed by atoms with E-state index in [9.17, 15) is 23.1 Å². The van der Waals surface area contributed by atoms with Crippen molar-refractivity contribution in [2.45, 2.75) is 25.7 Å². The van der Waals surface area contributed by atoms with E-state index in [1.165, 1.54) is 12.1 Å². The van der Waals surface area contributed by atoms with E-state index >= 15 is 0 Å². The number of carbonyl (C=O) groups is 1. The summed E-state index contributed by atoms with van der Waals surface area (Å²) in [6.45, 7) is 1.73. The number of nitrogens with two attached hydrogens (primary N) is 1. The van der Waals surface area contributed by atoms with Gasteiger partial charge in [-0.3, -0.25) is 4.79 Å². The Morgan fingerprint density at radius 3 is 2.65 bits per heavy atom. The van der Waals surface area contributed by atoms with E-state index < -0.39 is 29.9 Å². The number of rotatable bonds is 5. The molecular formula is C12H14F3NO4. The van der Waals surface area contributed by atoms with Gasteiger partial charge >= 0.3 is 12.3 Å². The van der Waals surface area contributed by atoms with Crippen molar-refractivity contribution in [3.63, 3.8) is 0 Å². The average molecular weight is 293 g/mol. The van der Waals surface area contributed by atoms with Gasteiger partial charge in [-0.25, -0.2) is 0 Å². The van der Waals surface area contributed by atoms with Crippen LogP contribution in [0, 0.1) is 0 Å². The number of esters is 1. The third kappa shape index (κ3) is 4.61. The number of benzene rings is 1. The Hall–Kier alpha value is -1.96. The van der Waals surface area contributed by atoms with Gasteiger partial charge in [0.05, 0.1) is 6.61 Å². The molecular weight excluding hydrogens is 279 g/mol. The van der Waals surface area contributed by atoms with Gasteiger partial charge in [-0.2, -0.15) is 0 Å². The van der Waals surface area contributed by atoms with Crippen molar-refractivity contribution in [3.8, 4) is 11.5 Å². The highest BCUT2D eigenvalue weighted by atomic mass is 19.4. The molecule has 0 saturated carbocycles. The van der Waals surface area contributed by atoms with Gasteiger partial charge in [-0.15, -0.1) is 13.2 Å². The van der Waals surface area contributed by atoms with Crippen molar-refractivity contribution in [2.24, 2.45) is 5.73 Å². The van der Waals surface area contributed by atoms with E-state index in [0.717, 1.165) is 6.07 Å². The van der Waals surface area contributed by atoms with Gasteiger partial charge in [-0.05, 0) is 18.6 Å². The van der Waals surface area contributed by atoms with Crippen LogP contribution in [0.25, 0.3) is 0 Å². The van der Waals surface area contributed by atoms with Crippen molar-refractivity contribution in [2.75, 3.05) is 6.61 Å². The molecule has 0 heterocycles. The van der Waals surface area contributed by atoms with Crippen molar-refractivity contribution in [1.82, 2.24) is 0 Å². The summed E-state index contributed by atoms with van der Waals surface area (Å²) >= 11 is 0. The van der Waals surface area contributed by atoms with Crippen LogP contribution in [-0.4, -0.2) is 30.1 Å². The van der Waals surface area contributed by atoms with Crippen molar-refractivity contribution in [1.29, 1.82) is 0 Å². The van der Waals surface area contributed by atoms with Crippen LogP contribution in [0.15, 0.2) is 18.2 Å². The molecule has 0 saturated heterocycles. The Morgan fingerprint density at radius 2 is 2.10 bits per heavy atom. The summed E-state index contributed by atoms with van der Waals surface area (Å²) < 4.78 is 44.7. The van der Waals surface area contributed by atoms with Gasteiger partial charge in [0.15, 0.2) is 11.5 Å². The molecule has 3 N–H and O–H groups in total. The molecule has 1 aromatic carbocycles. The molecule has 20 heavy (non-hydrogen) atoms. The molecule has 5 nitrogen and oxygen atoms in total. The van der Waals surface area contributed by atoms with Gasteiger partial charge in [0.25, 0.3) is 0 Å². The van der Waals surface area contributed by atoms with E-state index in [2.05, 4.69) is 9.47 Å². The first-order valence-corrected chi connectivity index (χ1v) is 5.73. The predicted octanol–water partition coefficient (Wildman–Crippen LogP) is 1.72. The van der Waals surface area contributed by atoms with Crippen LogP contribution in [0.2, 0.25) is 0 Å². The number of para-hydroxylation sites is 1. The molecule has 0 spiro atoms. The lowest BCUT2D eigenvalue weighted by atomic mass is 10.1. The highest BCUT2D eigenvalue weighted by molar-refractivity contribution is 5.76. The molecule has 0 aromatic heterocycles. The number of halogens is 3. The molecule has 0 amide bonds. The maximum atomic E-state index is 12.1. The van der Waals surface area contributed by atoms with E-state index in [1.54, 1.807) is 6.92 Å². The molecule has 1 atom stereocenters. The molecule has 1 aromatic rings. The second-order valence-corrected chi connectivity index (χ2v) is 3.87. The molecule has 1 unspecified atom stereocenters. The van der Waals surface area contributed by atoms with Crippen molar-refractivity contribution in [3.05, 3.63) is 23.8 Å². The maximum absolute atomic E-state index is 12.1. The van der Waals surface area contributed by atoms with Gasteiger partial charge in [0.2, 0.25) is 0 Å². The zero-order chi connectivity index (χ0) is 15.3. The van der Waals surface area contributed by atoms with Crippen LogP contribution in [0.1, 0.15) is 12.5 Å². The molecule has 0 aliphatic heterocycles. The van der Waals surface area contributed by atoms with E-state index in [-0.39, 0.29) is 18.6 Å². The summed E-state index contributed by atoms with van der Waals surface area (Å²) in [5, 5.41) is 9.68. The number of carbonyl (C=O) groups excluding carboxylic acids is 1. The standard InChI is InChI=1S/C12H14F3NO4/c1-2-19-11(18)8(16)6-7-4-3-5-9(10(7)17)20-12(13,14)15/h3-5,8,17H,2,6,16H2,1H3. The van der Waals surface area contributed by atoms with Crippen molar-refractivity contribution < 1.29 is 32.5 Å². The normalized spacial score (nSPS) is 12.8. The molecule has 1 rings (SSSR count). The first-order chi connectivity index (χ1) is 9.24. The minimum absolute atomic E-state index is 0.0623. The Kier molecular flexibility index (Phi) is 5.20. The number of aromatic hydroxyl groups is 1. The summed E-state index contributed by atoms with van der Waals surface area (Å²) in [4.78, 5) is 11.3. The monoisotopic (exact) mass is 293 g/mol. The Morgan fingerprint density at radius 1 is 1.45 bits per heavy atom. The summed E-state index contributed by atoms with van der Waals surface area (Å²) in [7, 11) is 0. The van der Waals surface area contributed by atoms with Gasteiger partial charge in [0.1, 0.15) is 6.04 Å². The molecule has 0 bridgehead atoms. The number of alkyl halides is 3. The first-order valence-electron chi connectivity index (χ1n) is 5.73. The molecule has 0 fully saturated rings. The largest absolute Gasteiger partial charge is 0.573 e. The number of phenols is 1. The summed E-state index contributed by atoms with van der Waals surface area (Å²) in [6.07, 6.45) is -5.08. The quantitative estimate of drug-likeness (QED) is 0.808. The van der Waals surface area contributed by atoms with Crippen LogP contribution in [-0.2, 0) is 16.0 Å². The SMILES string of the molecule is CCOC(=O)C(N)Cc1cccc(OC(F)(F)F)c1O. The van der Waals surface area contributed by atoms with Crippen LogP contribution in [0.4, 0.5) is 13.2 Å². The summed E-state index contributed by atoms with van der Waals surface area (Å²) in [6, 6.07) is 2.48. The Balaban J connectivity index is 2.86. The zero-order valence-corrected chi connectivity index (χ0v) is 10.6. The fraction of sp³-hybridized carbons (Fsp3) is 0.417. The fourth-order valence-electron chi connectivity index (χ4n) is 1.51. The lowest BCUT2D eigenvalue weighted by molar-refractivity contribution is -0.275. The van der Waals surface area contributed by atoms with E-state index in [1.807, 2.05) is 0 Å². The molecule has 0 aliphatic carbocycles. The second kappa shape index (κ2) is 6.47. The second-order valence-electron chi connectivity index (χ2n) is 3.87. The Bertz CT molecular complexity index is 476. The zero-order valence-electron chi connectivity index (χ0n) is 10.6. The third-order valence-electron chi connectivity index (χ3n) is 2.34. The highest BCUT2D eigenvalue weighted by Crippen LogP contribution is 2.34. The smallest absolute Gasteiger partial charge is 0.504 e. The fourth-order valence-corrected chi connectivity index (χ4v) is 1.51. The average Bonchev–Trinajstić information content (AvgIpc) is 2.32. The summed E-state index contributed by atoms with van der Waals surface area (Å²) in [5.74, 6) is -2.15. The topological polar surface area (TPSA) is 81.8 Å². The van der Waals surface area contributed by atoms with Crippen LogP contribution in [0.5, 0.6) is 11.5 Å². The first kappa shape index (κ1) is 16.1. The number of ether oxygens (including phenoxy) is 2. The molecule has 0 aliphatic rings. The van der Waals surface area contributed by atoms with Crippen molar-refractivity contribution >= 4 is 5.97 Å². The number of hydrogen-bond acceptors (Lipinski definition) is 5. The van der Waals surface area contributed by atoms with E-state index in [4.69, 9.17) is 5.73 Å². The minimum atomic E-state index is -4.92. The number of hydrogen-bond donors (Lipinski definition) is 2. The minimum Gasteiger partial charge on any atom is -0.504 e. The van der Waals surface area contributed by atoms with Gasteiger partial charge in [0, 0.05) is 6.42 Å². The molecule has 112 valence electrons. The highest BCUT2D eigenvalue weighted by Gasteiger charge is 2.32. The third-order valence-corrected chi connectivity index (χ3v) is 2.34. The predicted molar refractivity (Wildman–Crippen MR) is 63.1 cm³/mol. The lowest BCUT2D eigenvalue weighted by Crippen LogP contribution is -2.34. The summed E-state index contributed by atoms with van der Waals surface area (Å²) in [5.41, 5.74) is 5.60. The van der Waals surface area contributed by atoms with Crippen LogP contribution in [0.3, 0.4) is 0 Å². The van der Waals surface area contributed by atoms with Crippen LogP contribution < -0.4 is 10.5 Å². The van der Waals surface area contributed by atoms with Gasteiger partial charge in [-0.1, -0.05) is 12.1 Å². The molecule has 8 heteroatoms. The Labute approximate surface area is 113 Å². The molecule has 0 radical (unpaired) electrons. The number of phenolic OH excluding ortho intramolecular Hbond substituents is 1. The van der Waals surface area contributed by atoms with E-state index in [0.29, 0.717) is 0 Å².